The summed E-state index contributed by atoms with van der Waals surface area (Å²) in [5, 5.41) is 12.6. The molecule has 2 aromatic rings. The van der Waals surface area contributed by atoms with Gasteiger partial charge in [0, 0.05) is 19.0 Å². The van der Waals surface area contributed by atoms with Crippen LogP contribution in [-0.4, -0.2) is 11.0 Å². The minimum absolute atomic E-state index is 0.0975. The first-order valence-corrected chi connectivity index (χ1v) is 8.50. The zero-order chi connectivity index (χ0) is 16.9. The minimum Gasteiger partial charge on any atom is -0.508 e. The smallest absolute Gasteiger partial charge is 0.220 e. The molecule has 3 rings (SSSR count). The van der Waals surface area contributed by atoms with Crippen LogP contribution in [-0.2, 0) is 11.3 Å². The van der Waals surface area contributed by atoms with Gasteiger partial charge in [0.15, 0.2) is 0 Å². The maximum absolute atomic E-state index is 11.8. The number of carbonyl (C=O) groups is 1. The molecule has 0 aliphatic heterocycles. The monoisotopic (exact) mass is 345 g/mol. The van der Waals surface area contributed by atoms with Crippen molar-refractivity contribution in [2.24, 2.45) is 5.92 Å². The molecule has 0 unspecified atom stereocenters. The Hall–Kier alpha value is -2.20. The van der Waals surface area contributed by atoms with Gasteiger partial charge >= 0.3 is 0 Å². The van der Waals surface area contributed by atoms with Gasteiger partial charge in [-0.1, -0.05) is 30.2 Å². The van der Waals surface area contributed by atoms with E-state index in [1.54, 1.807) is 6.07 Å². The molecule has 1 amide bonds. The van der Waals surface area contributed by atoms with Crippen LogP contribution in [0, 0.1) is 5.92 Å². The summed E-state index contributed by atoms with van der Waals surface area (Å²) in [4.78, 5) is 11.8. The highest BCUT2D eigenvalue weighted by Crippen LogP contribution is 2.32. The molecule has 0 bridgehead atoms. The van der Waals surface area contributed by atoms with Crippen LogP contribution in [0.15, 0.2) is 42.5 Å². The van der Waals surface area contributed by atoms with Gasteiger partial charge in [-0.15, -0.1) is 0 Å². The number of nitrogens with one attached hydrogen (secondary N) is 1. The zero-order valence-corrected chi connectivity index (χ0v) is 14.1. The topological polar surface area (TPSA) is 58.6 Å². The molecule has 2 N–H and O–H groups in total. The van der Waals surface area contributed by atoms with E-state index < -0.39 is 0 Å². The molecule has 1 saturated carbocycles. The normalized spacial score (nSPS) is 14.0. The van der Waals surface area contributed by atoms with Gasteiger partial charge in [-0.05, 0) is 48.6 Å². The van der Waals surface area contributed by atoms with E-state index in [4.69, 9.17) is 16.3 Å². The van der Waals surface area contributed by atoms with Crippen molar-refractivity contribution < 1.29 is 14.6 Å². The highest BCUT2D eigenvalue weighted by Gasteiger charge is 2.20. The minimum atomic E-state index is 0.0975. The average molecular weight is 346 g/mol. The highest BCUT2D eigenvalue weighted by atomic mass is 35.5. The quantitative estimate of drug-likeness (QED) is 0.801. The molecule has 4 nitrogen and oxygen atoms in total. The van der Waals surface area contributed by atoms with E-state index in [9.17, 15) is 9.90 Å². The molecule has 0 spiro atoms. The van der Waals surface area contributed by atoms with Crippen molar-refractivity contribution in [2.45, 2.75) is 32.2 Å². The number of halogens is 1. The molecule has 0 heterocycles. The number of hydrogen-bond donors (Lipinski definition) is 2. The number of phenols is 1. The summed E-state index contributed by atoms with van der Waals surface area (Å²) >= 11 is 6.02. The van der Waals surface area contributed by atoms with Crippen molar-refractivity contribution >= 4 is 17.5 Å². The lowest BCUT2D eigenvalue weighted by Gasteiger charge is -2.24. The second kappa shape index (κ2) is 7.58. The Balaban J connectivity index is 1.52. The van der Waals surface area contributed by atoms with Gasteiger partial charge in [-0.3, -0.25) is 4.79 Å². The molecule has 2 aromatic carbocycles. The van der Waals surface area contributed by atoms with Gasteiger partial charge in [0.1, 0.15) is 17.2 Å². The molecular weight excluding hydrogens is 326 g/mol. The largest absolute Gasteiger partial charge is 0.508 e. The van der Waals surface area contributed by atoms with Crippen molar-refractivity contribution in [3.05, 3.63) is 53.1 Å². The maximum atomic E-state index is 11.8. The maximum Gasteiger partial charge on any atom is 0.220 e. The highest BCUT2D eigenvalue weighted by molar-refractivity contribution is 6.32. The fourth-order valence-electron chi connectivity index (χ4n) is 2.61. The van der Waals surface area contributed by atoms with E-state index in [0.717, 1.165) is 5.56 Å². The predicted octanol–water partition coefficient (Wildman–Crippen LogP) is 4.64. The van der Waals surface area contributed by atoms with E-state index in [1.807, 2.05) is 24.3 Å². The molecule has 24 heavy (non-hydrogen) atoms. The zero-order valence-electron chi connectivity index (χ0n) is 13.3. The fourth-order valence-corrected chi connectivity index (χ4v) is 2.82. The molecule has 0 radical (unpaired) electrons. The van der Waals surface area contributed by atoms with Crippen LogP contribution in [0.5, 0.6) is 17.2 Å². The summed E-state index contributed by atoms with van der Waals surface area (Å²) in [5.41, 5.74) is 1.01. The molecular formula is C19H20ClNO3. The molecule has 0 aromatic heterocycles. The summed E-state index contributed by atoms with van der Waals surface area (Å²) < 4.78 is 5.69. The first-order chi connectivity index (χ1) is 11.6. The molecule has 1 aliphatic rings. The van der Waals surface area contributed by atoms with Gasteiger partial charge in [0.25, 0.3) is 0 Å². The van der Waals surface area contributed by atoms with E-state index in [2.05, 4.69) is 5.32 Å². The van der Waals surface area contributed by atoms with E-state index in [1.165, 1.54) is 31.4 Å². The lowest BCUT2D eigenvalue weighted by Crippen LogP contribution is -2.27. The van der Waals surface area contributed by atoms with Crippen LogP contribution in [0.2, 0.25) is 5.02 Å². The van der Waals surface area contributed by atoms with Gasteiger partial charge in [-0.25, -0.2) is 0 Å². The second-order valence-corrected chi connectivity index (χ2v) is 6.55. The Labute approximate surface area is 146 Å². The van der Waals surface area contributed by atoms with Crippen molar-refractivity contribution in [1.82, 2.24) is 5.32 Å². The Morgan fingerprint density at radius 1 is 1.21 bits per heavy atom. The number of carbonyl (C=O) groups excluding carboxylic acids is 1. The van der Waals surface area contributed by atoms with Gasteiger partial charge in [0.2, 0.25) is 5.91 Å². The number of amides is 1. The third kappa shape index (κ3) is 4.42. The number of ether oxygens (including phenoxy) is 1. The number of hydrogen-bond acceptors (Lipinski definition) is 3. The van der Waals surface area contributed by atoms with Crippen LogP contribution >= 0.6 is 11.6 Å². The predicted molar refractivity (Wildman–Crippen MR) is 93.4 cm³/mol. The van der Waals surface area contributed by atoms with Crippen LogP contribution in [0.1, 0.15) is 31.2 Å². The lowest BCUT2D eigenvalue weighted by atomic mass is 9.83. The molecule has 5 heteroatoms. The molecule has 0 saturated heterocycles. The van der Waals surface area contributed by atoms with Crippen molar-refractivity contribution in [1.29, 1.82) is 0 Å². The van der Waals surface area contributed by atoms with Crippen LogP contribution < -0.4 is 10.1 Å². The molecule has 1 fully saturated rings. The Bertz CT molecular complexity index is 711. The third-order valence-electron chi connectivity index (χ3n) is 4.26. The van der Waals surface area contributed by atoms with Gasteiger partial charge in [0.05, 0.1) is 5.02 Å². The summed E-state index contributed by atoms with van der Waals surface area (Å²) in [6.45, 7) is 0.520. The van der Waals surface area contributed by atoms with Gasteiger partial charge in [-0.2, -0.15) is 0 Å². The summed E-state index contributed by atoms with van der Waals surface area (Å²) in [6, 6.07) is 12.1. The second-order valence-electron chi connectivity index (χ2n) is 6.14. The van der Waals surface area contributed by atoms with Crippen LogP contribution in [0.25, 0.3) is 0 Å². The number of phenolic OH excluding ortho intramolecular Hbond substituents is 1. The Kier molecular flexibility index (Phi) is 5.26. The summed E-state index contributed by atoms with van der Waals surface area (Å²) in [7, 11) is 0. The number of aromatic hydroxyl groups is 1. The fraction of sp³-hybridized carbons (Fsp3) is 0.316. The van der Waals surface area contributed by atoms with Crippen molar-refractivity contribution in [2.75, 3.05) is 0 Å². The Morgan fingerprint density at radius 2 is 1.96 bits per heavy atom. The Morgan fingerprint density at radius 3 is 2.58 bits per heavy atom. The SMILES string of the molecule is O=C(CC1CCC1)NCc1ccc(Oc2ccc(O)cc2Cl)cc1. The summed E-state index contributed by atoms with van der Waals surface area (Å²) in [6.07, 6.45) is 4.25. The van der Waals surface area contributed by atoms with Crippen molar-refractivity contribution in [3.63, 3.8) is 0 Å². The van der Waals surface area contributed by atoms with Crippen LogP contribution in [0.4, 0.5) is 0 Å². The number of rotatable bonds is 6. The van der Waals surface area contributed by atoms with Gasteiger partial charge < -0.3 is 15.2 Å². The average Bonchev–Trinajstić information content (AvgIpc) is 2.53. The standard InChI is InChI=1S/C19H20ClNO3/c20-17-11-15(22)6-9-18(17)24-16-7-4-14(5-8-16)12-21-19(23)10-13-2-1-3-13/h4-9,11,13,22H,1-3,10,12H2,(H,21,23). The van der Waals surface area contributed by atoms with Crippen LogP contribution in [0.3, 0.4) is 0 Å². The number of benzene rings is 2. The lowest BCUT2D eigenvalue weighted by molar-refractivity contribution is -0.122. The van der Waals surface area contributed by atoms with E-state index >= 15 is 0 Å². The molecule has 1 aliphatic carbocycles. The first-order valence-electron chi connectivity index (χ1n) is 8.12. The first kappa shape index (κ1) is 16.7. The van der Waals surface area contributed by atoms with E-state index in [-0.39, 0.29) is 11.7 Å². The molecule has 126 valence electrons. The third-order valence-corrected chi connectivity index (χ3v) is 4.55. The molecule has 0 atom stereocenters. The van der Waals surface area contributed by atoms with Crippen molar-refractivity contribution in [3.8, 4) is 17.2 Å². The summed E-state index contributed by atoms with van der Waals surface area (Å²) in [5.74, 6) is 1.93. The van der Waals surface area contributed by atoms with E-state index in [0.29, 0.717) is 35.4 Å².